The maximum absolute atomic E-state index is 5.49. The van der Waals surface area contributed by atoms with Crippen LogP contribution in [0.5, 0.6) is 5.75 Å². The smallest absolute Gasteiger partial charge is 0.119 e. The van der Waals surface area contributed by atoms with Crippen molar-refractivity contribution in [2.24, 2.45) is 0 Å². The van der Waals surface area contributed by atoms with Gasteiger partial charge in [-0.25, -0.2) is 0 Å². The zero-order chi connectivity index (χ0) is 10.6. The first-order valence-corrected chi connectivity index (χ1v) is 6.22. The molecule has 0 aliphatic heterocycles. The van der Waals surface area contributed by atoms with Crippen molar-refractivity contribution in [3.63, 3.8) is 0 Å². The molecule has 0 aromatic heterocycles. The molecule has 0 heterocycles. The Morgan fingerprint density at radius 3 is 2.57 bits per heavy atom. The molecule has 0 atom stereocenters. The Morgan fingerprint density at radius 2 is 2.07 bits per heavy atom. The van der Waals surface area contributed by atoms with Crippen LogP contribution in [0.2, 0.25) is 0 Å². The van der Waals surface area contributed by atoms with E-state index in [9.17, 15) is 0 Å². The lowest BCUT2D eigenvalue weighted by Crippen LogP contribution is -1.95. The normalized spacial score (nSPS) is 10.6. The van der Waals surface area contributed by atoms with Crippen molar-refractivity contribution in [2.75, 3.05) is 12.9 Å². The Balaban J connectivity index is 3.01. The fourth-order valence-corrected chi connectivity index (χ4v) is 2.15. The molecule has 14 heavy (non-hydrogen) atoms. The number of hydrogen-bond acceptors (Lipinski definition) is 2. The molecule has 0 fully saturated rings. The Morgan fingerprint density at radius 1 is 1.36 bits per heavy atom. The fraction of sp³-hybridized carbons (Fsp3) is 0.500. The molecule has 0 radical (unpaired) electrons. The van der Waals surface area contributed by atoms with Crippen LogP contribution in [0.1, 0.15) is 32.3 Å². The monoisotopic (exact) mass is 210 g/mol. The van der Waals surface area contributed by atoms with Crippen LogP contribution >= 0.6 is 11.8 Å². The van der Waals surface area contributed by atoms with Crippen molar-refractivity contribution >= 4 is 11.8 Å². The molecule has 0 N–H and O–H groups in total. The first-order chi connectivity index (χ1) is 6.69. The van der Waals surface area contributed by atoms with E-state index in [0.29, 0.717) is 5.92 Å². The second-order valence-electron chi connectivity index (χ2n) is 3.49. The largest absolute Gasteiger partial charge is 0.494 e. The van der Waals surface area contributed by atoms with Crippen molar-refractivity contribution in [2.45, 2.75) is 31.6 Å². The molecule has 78 valence electrons. The molecule has 0 bridgehead atoms. The maximum Gasteiger partial charge on any atom is 0.119 e. The molecule has 1 aromatic carbocycles. The summed E-state index contributed by atoms with van der Waals surface area (Å²) in [5.74, 6) is 1.53. The predicted molar refractivity (Wildman–Crippen MR) is 63.5 cm³/mol. The molecule has 0 unspecified atom stereocenters. The van der Waals surface area contributed by atoms with Gasteiger partial charge < -0.3 is 4.74 Å². The lowest BCUT2D eigenvalue weighted by atomic mass is 10.0. The van der Waals surface area contributed by atoms with Crippen LogP contribution in [0, 0.1) is 0 Å². The van der Waals surface area contributed by atoms with Crippen molar-refractivity contribution in [1.82, 2.24) is 0 Å². The molecule has 0 amide bonds. The molecular formula is C12H18OS. The molecule has 0 saturated heterocycles. The van der Waals surface area contributed by atoms with Gasteiger partial charge in [-0.2, -0.15) is 0 Å². The van der Waals surface area contributed by atoms with E-state index in [4.69, 9.17) is 4.74 Å². The fourth-order valence-electron chi connectivity index (χ4n) is 1.42. The van der Waals surface area contributed by atoms with Crippen LogP contribution in [-0.4, -0.2) is 12.9 Å². The van der Waals surface area contributed by atoms with Gasteiger partial charge in [0.25, 0.3) is 0 Å². The molecule has 0 aliphatic rings. The summed E-state index contributed by atoms with van der Waals surface area (Å²) in [6.45, 7) is 7.17. The zero-order valence-electron chi connectivity index (χ0n) is 9.33. The van der Waals surface area contributed by atoms with Crippen LogP contribution in [0.3, 0.4) is 0 Å². The van der Waals surface area contributed by atoms with E-state index < -0.39 is 0 Å². The highest BCUT2D eigenvalue weighted by Gasteiger charge is 2.07. The summed E-state index contributed by atoms with van der Waals surface area (Å²) in [5.41, 5.74) is 1.38. The van der Waals surface area contributed by atoms with Crippen LogP contribution in [-0.2, 0) is 0 Å². The average Bonchev–Trinajstić information content (AvgIpc) is 2.18. The first-order valence-electron chi connectivity index (χ1n) is 4.99. The van der Waals surface area contributed by atoms with Gasteiger partial charge in [0.15, 0.2) is 0 Å². The summed E-state index contributed by atoms with van der Waals surface area (Å²) in [7, 11) is 0. The minimum Gasteiger partial charge on any atom is -0.494 e. The Bertz CT molecular complexity index is 294. The third-order valence-corrected chi connectivity index (χ3v) is 2.95. The molecular weight excluding hydrogens is 192 g/mol. The second kappa shape index (κ2) is 5.30. The number of thioether (sulfide) groups is 1. The quantitative estimate of drug-likeness (QED) is 0.696. The van der Waals surface area contributed by atoms with Crippen LogP contribution in [0.25, 0.3) is 0 Å². The van der Waals surface area contributed by atoms with E-state index in [-0.39, 0.29) is 0 Å². The van der Waals surface area contributed by atoms with Crippen LogP contribution < -0.4 is 4.74 Å². The van der Waals surface area contributed by atoms with Gasteiger partial charge in [-0.1, -0.05) is 13.8 Å². The van der Waals surface area contributed by atoms with E-state index in [1.807, 2.05) is 13.0 Å². The standard InChI is InChI=1S/C12H18OS/c1-5-13-10-6-7-12(14-4)11(8-10)9(2)3/h6-9H,5H2,1-4H3. The third kappa shape index (κ3) is 2.68. The second-order valence-corrected chi connectivity index (χ2v) is 4.34. The summed E-state index contributed by atoms with van der Waals surface area (Å²) in [4.78, 5) is 1.35. The summed E-state index contributed by atoms with van der Waals surface area (Å²) in [6.07, 6.45) is 2.11. The van der Waals surface area contributed by atoms with Crippen LogP contribution in [0.15, 0.2) is 23.1 Å². The van der Waals surface area contributed by atoms with Gasteiger partial charge in [0.05, 0.1) is 6.61 Å². The molecule has 1 nitrogen and oxygen atoms in total. The molecule has 1 rings (SSSR count). The molecule has 1 aromatic rings. The summed E-state index contributed by atoms with van der Waals surface area (Å²) in [6, 6.07) is 6.34. The molecule has 2 heteroatoms. The van der Waals surface area contributed by atoms with Gasteiger partial charge in [-0.3, -0.25) is 0 Å². The lowest BCUT2D eigenvalue weighted by molar-refractivity contribution is 0.339. The number of rotatable bonds is 4. The van der Waals surface area contributed by atoms with Gasteiger partial charge in [-0.15, -0.1) is 11.8 Å². The minimum atomic E-state index is 0.554. The third-order valence-electron chi connectivity index (χ3n) is 2.13. The van der Waals surface area contributed by atoms with Crippen molar-refractivity contribution in [3.05, 3.63) is 23.8 Å². The highest BCUT2D eigenvalue weighted by Crippen LogP contribution is 2.30. The van der Waals surface area contributed by atoms with E-state index in [1.165, 1.54) is 10.5 Å². The van der Waals surface area contributed by atoms with Gasteiger partial charge >= 0.3 is 0 Å². The number of ether oxygens (including phenoxy) is 1. The number of hydrogen-bond donors (Lipinski definition) is 0. The van der Waals surface area contributed by atoms with Crippen molar-refractivity contribution < 1.29 is 4.74 Å². The first kappa shape index (κ1) is 11.4. The van der Waals surface area contributed by atoms with E-state index in [1.54, 1.807) is 11.8 Å². The van der Waals surface area contributed by atoms with Crippen LogP contribution in [0.4, 0.5) is 0 Å². The molecule has 0 spiro atoms. The maximum atomic E-state index is 5.49. The highest BCUT2D eigenvalue weighted by molar-refractivity contribution is 7.98. The van der Waals surface area contributed by atoms with E-state index in [0.717, 1.165) is 12.4 Å². The lowest BCUT2D eigenvalue weighted by Gasteiger charge is -2.13. The van der Waals surface area contributed by atoms with E-state index >= 15 is 0 Å². The van der Waals surface area contributed by atoms with Gasteiger partial charge in [0, 0.05) is 4.90 Å². The van der Waals surface area contributed by atoms with E-state index in [2.05, 4.69) is 32.2 Å². The molecule has 0 saturated carbocycles. The minimum absolute atomic E-state index is 0.554. The summed E-state index contributed by atoms with van der Waals surface area (Å²) in [5, 5.41) is 0. The Hall–Kier alpha value is -0.630. The average molecular weight is 210 g/mol. The van der Waals surface area contributed by atoms with Gasteiger partial charge in [-0.05, 0) is 42.9 Å². The topological polar surface area (TPSA) is 9.23 Å². The SMILES string of the molecule is CCOc1ccc(SC)c(C(C)C)c1. The Kier molecular flexibility index (Phi) is 4.33. The zero-order valence-corrected chi connectivity index (χ0v) is 10.1. The molecule has 0 aliphatic carbocycles. The summed E-state index contributed by atoms with van der Waals surface area (Å²) < 4.78 is 5.49. The number of benzene rings is 1. The van der Waals surface area contributed by atoms with Gasteiger partial charge in [0.2, 0.25) is 0 Å². The van der Waals surface area contributed by atoms with Gasteiger partial charge in [0.1, 0.15) is 5.75 Å². The summed E-state index contributed by atoms with van der Waals surface area (Å²) >= 11 is 1.79. The van der Waals surface area contributed by atoms with Crippen molar-refractivity contribution in [1.29, 1.82) is 0 Å². The van der Waals surface area contributed by atoms with Crippen molar-refractivity contribution in [3.8, 4) is 5.75 Å². The highest BCUT2D eigenvalue weighted by atomic mass is 32.2. The Labute approximate surface area is 90.9 Å². The predicted octanol–water partition coefficient (Wildman–Crippen LogP) is 3.93.